The summed E-state index contributed by atoms with van der Waals surface area (Å²) in [6.45, 7) is 6.78. The molecule has 3 rings (SSSR count). The maximum atomic E-state index is 3.78. The maximum absolute atomic E-state index is 3.78. The standard InChI is InChI=1S/C17H25BrN2/c1-12(2)20(11-13-3-4-13)17-8-5-14(9-16(17)18)10-19-15-6-7-15/h5,8-9,12-13,15,19H,3-4,6-7,10-11H2,1-2H3. The van der Waals surface area contributed by atoms with Gasteiger partial charge in [0.2, 0.25) is 0 Å². The minimum absolute atomic E-state index is 0.558. The van der Waals surface area contributed by atoms with Crippen LogP contribution >= 0.6 is 15.9 Å². The van der Waals surface area contributed by atoms with Crippen molar-refractivity contribution in [3.63, 3.8) is 0 Å². The van der Waals surface area contributed by atoms with Crippen LogP contribution in [0.15, 0.2) is 22.7 Å². The maximum Gasteiger partial charge on any atom is 0.0513 e. The van der Waals surface area contributed by atoms with Gasteiger partial charge < -0.3 is 10.2 Å². The van der Waals surface area contributed by atoms with E-state index in [4.69, 9.17) is 0 Å². The molecular weight excluding hydrogens is 312 g/mol. The second-order valence-corrected chi connectivity index (χ2v) is 7.48. The second-order valence-electron chi connectivity index (χ2n) is 6.63. The van der Waals surface area contributed by atoms with E-state index >= 15 is 0 Å². The molecule has 0 aliphatic heterocycles. The van der Waals surface area contributed by atoms with Crippen molar-refractivity contribution in [2.75, 3.05) is 11.4 Å². The van der Waals surface area contributed by atoms with Crippen LogP contribution in [0.1, 0.15) is 45.1 Å². The average Bonchev–Trinajstić information content (AvgIpc) is 3.28. The first-order valence-electron chi connectivity index (χ1n) is 7.92. The normalized spacial score (nSPS) is 18.6. The summed E-state index contributed by atoms with van der Waals surface area (Å²) in [6, 6.07) is 8.18. The summed E-state index contributed by atoms with van der Waals surface area (Å²) in [7, 11) is 0. The summed E-state index contributed by atoms with van der Waals surface area (Å²) in [5.41, 5.74) is 2.73. The minimum atomic E-state index is 0.558. The highest BCUT2D eigenvalue weighted by Gasteiger charge is 2.26. The van der Waals surface area contributed by atoms with Crippen molar-refractivity contribution < 1.29 is 0 Å². The molecule has 0 radical (unpaired) electrons. The van der Waals surface area contributed by atoms with Gasteiger partial charge >= 0.3 is 0 Å². The van der Waals surface area contributed by atoms with Gasteiger partial charge in [-0.2, -0.15) is 0 Å². The molecule has 3 heteroatoms. The van der Waals surface area contributed by atoms with E-state index in [9.17, 15) is 0 Å². The van der Waals surface area contributed by atoms with Gasteiger partial charge in [-0.05, 0) is 79.1 Å². The molecule has 0 bridgehead atoms. The summed E-state index contributed by atoms with van der Waals surface area (Å²) >= 11 is 3.78. The van der Waals surface area contributed by atoms with E-state index in [2.05, 4.69) is 58.2 Å². The van der Waals surface area contributed by atoms with Gasteiger partial charge in [0.1, 0.15) is 0 Å². The Labute approximate surface area is 131 Å². The molecule has 0 amide bonds. The highest BCUT2D eigenvalue weighted by molar-refractivity contribution is 9.10. The number of benzene rings is 1. The highest BCUT2D eigenvalue weighted by Crippen LogP contribution is 2.35. The van der Waals surface area contributed by atoms with Crippen molar-refractivity contribution in [2.24, 2.45) is 5.92 Å². The first kappa shape index (κ1) is 14.4. The van der Waals surface area contributed by atoms with E-state index in [0.717, 1.165) is 18.5 Å². The summed E-state index contributed by atoms with van der Waals surface area (Å²) in [5, 5.41) is 3.58. The fourth-order valence-corrected chi connectivity index (χ4v) is 3.26. The Balaban J connectivity index is 1.69. The molecule has 2 saturated carbocycles. The Morgan fingerprint density at radius 3 is 2.55 bits per heavy atom. The van der Waals surface area contributed by atoms with Crippen molar-refractivity contribution in [3.05, 3.63) is 28.2 Å². The topological polar surface area (TPSA) is 15.3 Å². The Hall–Kier alpha value is -0.540. The molecule has 1 aromatic rings. The predicted molar refractivity (Wildman–Crippen MR) is 89.2 cm³/mol. The third kappa shape index (κ3) is 3.76. The molecular formula is C17H25BrN2. The zero-order chi connectivity index (χ0) is 14.1. The summed E-state index contributed by atoms with van der Waals surface area (Å²) in [4.78, 5) is 2.54. The van der Waals surface area contributed by atoms with Crippen LogP contribution in [0, 0.1) is 5.92 Å². The number of anilines is 1. The zero-order valence-electron chi connectivity index (χ0n) is 12.5. The van der Waals surface area contributed by atoms with Crippen LogP contribution in [0.3, 0.4) is 0 Å². The fourth-order valence-electron chi connectivity index (χ4n) is 2.61. The molecule has 20 heavy (non-hydrogen) atoms. The highest BCUT2D eigenvalue weighted by atomic mass is 79.9. The van der Waals surface area contributed by atoms with Crippen molar-refractivity contribution in [2.45, 2.75) is 58.2 Å². The average molecular weight is 337 g/mol. The van der Waals surface area contributed by atoms with Gasteiger partial charge in [0.25, 0.3) is 0 Å². The lowest BCUT2D eigenvalue weighted by atomic mass is 10.1. The van der Waals surface area contributed by atoms with Crippen LogP contribution in [-0.2, 0) is 6.54 Å². The molecule has 2 nitrogen and oxygen atoms in total. The molecule has 0 saturated heterocycles. The first-order chi connectivity index (χ1) is 9.63. The molecule has 0 spiro atoms. The van der Waals surface area contributed by atoms with Crippen LogP contribution in [-0.4, -0.2) is 18.6 Å². The molecule has 0 unspecified atom stereocenters. The molecule has 2 fully saturated rings. The van der Waals surface area contributed by atoms with Gasteiger partial charge in [-0.25, -0.2) is 0 Å². The van der Waals surface area contributed by atoms with E-state index < -0.39 is 0 Å². The number of nitrogens with zero attached hydrogens (tertiary/aromatic N) is 1. The van der Waals surface area contributed by atoms with Crippen LogP contribution < -0.4 is 10.2 Å². The smallest absolute Gasteiger partial charge is 0.0513 e. The molecule has 0 atom stereocenters. The molecule has 1 aromatic carbocycles. The van der Waals surface area contributed by atoms with Gasteiger partial charge in [0, 0.05) is 29.6 Å². The number of halogens is 1. The van der Waals surface area contributed by atoms with Crippen LogP contribution in [0.25, 0.3) is 0 Å². The number of hydrogen-bond donors (Lipinski definition) is 1. The molecule has 0 heterocycles. The Morgan fingerprint density at radius 2 is 2.00 bits per heavy atom. The first-order valence-corrected chi connectivity index (χ1v) is 8.71. The second kappa shape index (κ2) is 6.07. The Kier molecular flexibility index (Phi) is 4.37. The molecule has 2 aliphatic rings. The van der Waals surface area contributed by atoms with E-state index in [0.29, 0.717) is 6.04 Å². The third-order valence-electron chi connectivity index (χ3n) is 4.27. The minimum Gasteiger partial charge on any atom is -0.368 e. The Morgan fingerprint density at radius 1 is 1.25 bits per heavy atom. The lowest BCUT2D eigenvalue weighted by Crippen LogP contribution is -2.33. The largest absolute Gasteiger partial charge is 0.368 e. The summed E-state index contributed by atoms with van der Waals surface area (Å²) in [5.74, 6) is 0.917. The van der Waals surface area contributed by atoms with Gasteiger partial charge in [-0.1, -0.05) is 6.07 Å². The van der Waals surface area contributed by atoms with Crippen molar-refractivity contribution >= 4 is 21.6 Å². The molecule has 110 valence electrons. The van der Waals surface area contributed by atoms with Gasteiger partial charge in [-0.3, -0.25) is 0 Å². The van der Waals surface area contributed by atoms with Crippen LogP contribution in [0.4, 0.5) is 5.69 Å². The van der Waals surface area contributed by atoms with E-state index in [-0.39, 0.29) is 0 Å². The summed E-state index contributed by atoms with van der Waals surface area (Å²) in [6.07, 6.45) is 5.51. The van der Waals surface area contributed by atoms with Crippen molar-refractivity contribution in [3.8, 4) is 0 Å². The van der Waals surface area contributed by atoms with Crippen molar-refractivity contribution in [1.82, 2.24) is 5.32 Å². The van der Waals surface area contributed by atoms with Crippen molar-refractivity contribution in [1.29, 1.82) is 0 Å². The third-order valence-corrected chi connectivity index (χ3v) is 4.90. The fraction of sp³-hybridized carbons (Fsp3) is 0.647. The van der Waals surface area contributed by atoms with Gasteiger partial charge in [0.15, 0.2) is 0 Å². The van der Waals surface area contributed by atoms with Crippen LogP contribution in [0.5, 0.6) is 0 Å². The predicted octanol–water partition coefficient (Wildman–Crippen LogP) is 4.33. The molecule has 2 aliphatic carbocycles. The lowest BCUT2D eigenvalue weighted by molar-refractivity contribution is 0.643. The van der Waals surface area contributed by atoms with E-state index in [1.807, 2.05) is 0 Å². The number of hydrogen-bond acceptors (Lipinski definition) is 2. The quantitative estimate of drug-likeness (QED) is 0.797. The SMILES string of the molecule is CC(C)N(CC1CC1)c1ccc(CNC2CC2)cc1Br. The lowest BCUT2D eigenvalue weighted by Gasteiger charge is -2.30. The molecule has 1 N–H and O–H groups in total. The van der Waals surface area contributed by atoms with E-state index in [1.165, 1.54) is 48.0 Å². The zero-order valence-corrected chi connectivity index (χ0v) is 14.1. The number of rotatable bonds is 7. The number of nitrogens with one attached hydrogen (secondary N) is 1. The van der Waals surface area contributed by atoms with Gasteiger partial charge in [0.05, 0.1) is 5.69 Å². The molecule has 0 aromatic heterocycles. The Bertz CT molecular complexity index is 464. The van der Waals surface area contributed by atoms with Crippen LogP contribution in [0.2, 0.25) is 0 Å². The van der Waals surface area contributed by atoms with E-state index in [1.54, 1.807) is 0 Å². The van der Waals surface area contributed by atoms with Gasteiger partial charge in [-0.15, -0.1) is 0 Å². The summed E-state index contributed by atoms with van der Waals surface area (Å²) < 4.78 is 1.24. The monoisotopic (exact) mass is 336 g/mol.